The van der Waals surface area contributed by atoms with Crippen LogP contribution in [-0.2, 0) is 18.4 Å². The number of hydrogen-bond donors (Lipinski definition) is 0. The lowest BCUT2D eigenvalue weighted by molar-refractivity contribution is -0.147. The quantitative estimate of drug-likeness (QED) is 0.504. The molecule has 2 aromatic rings. The van der Waals surface area contributed by atoms with Gasteiger partial charge in [0.15, 0.2) is 0 Å². The SMILES string of the molecule is COC(=O)C(c1ccccc1F)N1CCC(SS(=O)(=O)c2ccc(C)cc2)CC1. The lowest BCUT2D eigenvalue weighted by atomic mass is 10.0. The first kappa shape index (κ1) is 21.8. The predicted molar refractivity (Wildman–Crippen MR) is 112 cm³/mol. The highest BCUT2D eigenvalue weighted by molar-refractivity contribution is 8.72. The van der Waals surface area contributed by atoms with Crippen molar-refractivity contribution >= 4 is 25.6 Å². The predicted octanol–water partition coefficient (Wildman–Crippen LogP) is 3.93. The summed E-state index contributed by atoms with van der Waals surface area (Å²) in [5, 5.41) is -0.0866. The van der Waals surface area contributed by atoms with Crippen molar-refractivity contribution in [3.63, 3.8) is 0 Å². The van der Waals surface area contributed by atoms with Gasteiger partial charge in [-0.2, -0.15) is 0 Å². The minimum atomic E-state index is -3.45. The van der Waals surface area contributed by atoms with Gasteiger partial charge in [-0.1, -0.05) is 35.9 Å². The maximum atomic E-state index is 14.3. The molecule has 2 aromatic carbocycles. The number of carbonyl (C=O) groups is 1. The third kappa shape index (κ3) is 5.18. The van der Waals surface area contributed by atoms with E-state index in [-0.39, 0.29) is 10.8 Å². The highest BCUT2D eigenvalue weighted by Crippen LogP contribution is 2.35. The Balaban J connectivity index is 1.69. The number of aryl methyl sites for hydroxylation is 1. The van der Waals surface area contributed by atoms with E-state index < -0.39 is 26.7 Å². The van der Waals surface area contributed by atoms with E-state index in [0.717, 1.165) is 16.4 Å². The van der Waals surface area contributed by atoms with E-state index >= 15 is 0 Å². The van der Waals surface area contributed by atoms with Crippen molar-refractivity contribution in [2.24, 2.45) is 0 Å². The molecule has 1 fully saturated rings. The smallest absolute Gasteiger partial charge is 0.327 e. The van der Waals surface area contributed by atoms with Crippen molar-refractivity contribution in [3.8, 4) is 0 Å². The number of hydrogen-bond acceptors (Lipinski definition) is 6. The van der Waals surface area contributed by atoms with Crippen LogP contribution in [0.5, 0.6) is 0 Å². The van der Waals surface area contributed by atoms with Gasteiger partial charge in [0, 0.05) is 23.9 Å². The number of nitrogens with zero attached hydrogens (tertiary/aromatic N) is 1. The zero-order valence-electron chi connectivity index (χ0n) is 16.4. The Kier molecular flexibility index (Phi) is 6.97. The van der Waals surface area contributed by atoms with Gasteiger partial charge in [-0.25, -0.2) is 17.6 Å². The molecule has 156 valence electrons. The molecule has 1 unspecified atom stereocenters. The van der Waals surface area contributed by atoms with Gasteiger partial charge in [0.2, 0.25) is 8.87 Å². The summed E-state index contributed by atoms with van der Waals surface area (Å²) in [6.07, 6.45) is 1.16. The first-order valence-electron chi connectivity index (χ1n) is 9.38. The normalized spacial score (nSPS) is 17.1. The van der Waals surface area contributed by atoms with Crippen LogP contribution in [0.15, 0.2) is 53.4 Å². The molecule has 1 aliphatic rings. The number of likely N-dealkylation sites (tertiary alicyclic amines) is 1. The number of piperidine rings is 1. The number of rotatable bonds is 6. The van der Waals surface area contributed by atoms with Crippen LogP contribution >= 0.6 is 10.8 Å². The third-order valence-corrected chi connectivity index (χ3v) is 9.04. The summed E-state index contributed by atoms with van der Waals surface area (Å²) in [5.74, 6) is -0.977. The minimum Gasteiger partial charge on any atom is -0.468 e. The van der Waals surface area contributed by atoms with Crippen molar-refractivity contribution in [1.29, 1.82) is 0 Å². The molecule has 3 rings (SSSR count). The second-order valence-electron chi connectivity index (χ2n) is 7.05. The largest absolute Gasteiger partial charge is 0.468 e. The van der Waals surface area contributed by atoms with Gasteiger partial charge in [0.05, 0.1) is 12.0 Å². The van der Waals surface area contributed by atoms with Crippen molar-refractivity contribution in [1.82, 2.24) is 4.90 Å². The molecule has 29 heavy (non-hydrogen) atoms. The van der Waals surface area contributed by atoms with Crippen LogP contribution in [0, 0.1) is 12.7 Å². The second-order valence-corrected chi connectivity index (χ2v) is 11.2. The van der Waals surface area contributed by atoms with Gasteiger partial charge in [-0.05, 0) is 48.8 Å². The summed E-state index contributed by atoms with van der Waals surface area (Å²) in [5.41, 5.74) is 1.28. The fourth-order valence-electron chi connectivity index (χ4n) is 3.45. The summed E-state index contributed by atoms with van der Waals surface area (Å²) < 4.78 is 44.5. The Labute approximate surface area is 174 Å². The minimum absolute atomic E-state index is 0.0866. The van der Waals surface area contributed by atoms with E-state index in [4.69, 9.17) is 4.74 Å². The molecule has 0 amide bonds. The monoisotopic (exact) mass is 437 g/mol. The molecular formula is C21H24FNO4S2. The number of esters is 1. The average Bonchev–Trinajstić information content (AvgIpc) is 2.71. The van der Waals surface area contributed by atoms with Crippen LogP contribution in [0.3, 0.4) is 0 Å². The summed E-state index contributed by atoms with van der Waals surface area (Å²) >= 11 is 0. The Morgan fingerprint density at radius 2 is 1.76 bits per heavy atom. The molecule has 1 aliphatic heterocycles. The van der Waals surface area contributed by atoms with Crippen LogP contribution in [0.2, 0.25) is 0 Å². The van der Waals surface area contributed by atoms with Crippen molar-refractivity contribution < 1.29 is 22.3 Å². The zero-order chi connectivity index (χ0) is 21.0. The topological polar surface area (TPSA) is 63.7 Å². The van der Waals surface area contributed by atoms with E-state index in [1.807, 2.05) is 11.8 Å². The average molecular weight is 438 g/mol. The molecule has 0 bridgehead atoms. The molecule has 1 atom stereocenters. The highest BCUT2D eigenvalue weighted by atomic mass is 33.1. The third-order valence-electron chi connectivity index (χ3n) is 5.04. The van der Waals surface area contributed by atoms with Crippen molar-refractivity contribution in [2.45, 2.75) is 36.0 Å². The molecule has 1 saturated heterocycles. The van der Waals surface area contributed by atoms with Gasteiger partial charge in [0.25, 0.3) is 0 Å². The van der Waals surface area contributed by atoms with E-state index in [2.05, 4.69) is 0 Å². The summed E-state index contributed by atoms with van der Waals surface area (Å²) in [7, 11) is -1.20. The molecule has 8 heteroatoms. The molecule has 0 radical (unpaired) electrons. The molecule has 0 aromatic heterocycles. The van der Waals surface area contributed by atoms with Gasteiger partial charge < -0.3 is 4.74 Å². The molecule has 1 heterocycles. The van der Waals surface area contributed by atoms with Crippen LogP contribution in [-0.4, -0.2) is 44.7 Å². The van der Waals surface area contributed by atoms with Crippen LogP contribution in [0.1, 0.15) is 30.0 Å². The van der Waals surface area contributed by atoms with Crippen LogP contribution in [0.4, 0.5) is 4.39 Å². The van der Waals surface area contributed by atoms with Crippen LogP contribution in [0.25, 0.3) is 0 Å². The Morgan fingerprint density at radius 1 is 1.14 bits per heavy atom. The van der Waals surface area contributed by atoms with Gasteiger partial charge >= 0.3 is 5.97 Å². The summed E-state index contributed by atoms with van der Waals surface area (Å²) in [6.45, 7) is 2.87. The Hall–Kier alpha value is -1.90. The lowest BCUT2D eigenvalue weighted by Crippen LogP contribution is -2.41. The molecule has 0 saturated carbocycles. The maximum Gasteiger partial charge on any atom is 0.327 e. The second kappa shape index (κ2) is 9.28. The Morgan fingerprint density at radius 3 is 2.34 bits per heavy atom. The number of halogens is 1. The van der Waals surface area contributed by atoms with Crippen molar-refractivity contribution in [2.75, 3.05) is 20.2 Å². The highest BCUT2D eigenvalue weighted by Gasteiger charge is 2.35. The number of methoxy groups -OCH3 is 1. The van der Waals surface area contributed by atoms with Gasteiger partial charge in [0.1, 0.15) is 11.9 Å². The van der Waals surface area contributed by atoms with E-state index in [9.17, 15) is 17.6 Å². The van der Waals surface area contributed by atoms with Crippen molar-refractivity contribution in [3.05, 3.63) is 65.5 Å². The fraction of sp³-hybridized carbons (Fsp3) is 0.381. The molecule has 0 aliphatic carbocycles. The first-order valence-corrected chi connectivity index (χ1v) is 12.3. The molecular weight excluding hydrogens is 413 g/mol. The first-order chi connectivity index (χ1) is 13.8. The zero-order valence-corrected chi connectivity index (χ0v) is 18.0. The van der Waals surface area contributed by atoms with Gasteiger partial charge in [-0.3, -0.25) is 4.90 Å². The standard InChI is InChI=1S/C21H24FNO4S2/c1-15-7-9-17(10-8-15)29(25,26)28-16-11-13-23(14-12-16)20(21(24)27-2)18-5-3-4-6-19(18)22/h3-10,16,20H,11-14H2,1-2H3. The lowest BCUT2D eigenvalue weighted by Gasteiger charge is -2.36. The summed E-state index contributed by atoms with van der Waals surface area (Å²) in [4.78, 5) is 14.5. The maximum absolute atomic E-state index is 14.3. The molecule has 0 N–H and O–H groups in total. The van der Waals surface area contributed by atoms with E-state index in [1.165, 1.54) is 13.2 Å². The fourth-order valence-corrected chi connectivity index (χ4v) is 7.11. The Bertz CT molecular complexity index is 955. The molecule has 0 spiro atoms. The number of carbonyl (C=O) groups excluding carboxylic acids is 1. The number of benzene rings is 2. The molecule has 5 nitrogen and oxygen atoms in total. The van der Waals surface area contributed by atoms with Gasteiger partial charge in [-0.15, -0.1) is 0 Å². The van der Waals surface area contributed by atoms with E-state index in [1.54, 1.807) is 42.5 Å². The number of ether oxygens (including phenoxy) is 1. The van der Waals surface area contributed by atoms with Crippen LogP contribution < -0.4 is 0 Å². The van der Waals surface area contributed by atoms with E-state index in [0.29, 0.717) is 30.8 Å². The summed E-state index contributed by atoms with van der Waals surface area (Å²) in [6, 6.07) is 12.1.